The first kappa shape index (κ1) is 23.8. The van der Waals surface area contributed by atoms with Crippen LogP contribution in [0, 0.1) is 0 Å². The summed E-state index contributed by atoms with van der Waals surface area (Å²) in [6.45, 7) is 10.6. The summed E-state index contributed by atoms with van der Waals surface area (Å²) in [7, 11) is -2.48. The monoisotopic (exact) mass is 517 g/mol. The Morgan fingerprint density at radius 2 is 1.97 bits per heavy atom. The first-order chi connectivity index (χ1) is 17.9. The van der Waals surface area contributed by atoms with E-state index >= 15 is 0 Å². The summed E-state index contributed by atoms with van der Waals surface area (Å²) in [6, 6.07) is 16.2. The Labute approximate surface area is 216 Å². The third-order valence-electron chi connectivity index (χ3n) is 7.12. The fourth-order valence-electron chi connectivity index (χ4n) is 5.20. The van der Waals surface area contributed by atoms with Crippen LogP contribution in [0.5, 0.6) is 5.75 Å². The van der Waals surface area contributed by atoms with Crippen LogP contribution in [0.25, 0.3) is 11.0 Å². The number of likely N-dealkylation sites (N-methyl/N-ethyl adjacent to an activating group) is 1. The SMILES string of the molecule is CCN1CCN2c3ccc(Nc4nc(Nc5ccccc5P(C)(C)=O)c5cc[nH]c5n4)cc3OC[C@H]2C1. The first-order valence-corrected chi connectivity index (χ1v) is 15.3. The molecule has 2 aliphatic heterocycles. The standard InChI is InChI=1S/C27H32N7O2P/c1-4-33-13-14-34-19(16-33)17-36-23-15-18(9-10-22(23)34)29-27-31-25-20(11-12-28-25)26(32-27)30-21-7-5-6-8-24(21)37(2,3)35/h5-12,15,19H,4,13-14,16-17H2,1-3H3,(H3,28,29,30,31,32)/t19-/m1/s1. The zero-order chi connectivity index (χ0) is 25.6. The quantitative estimate of drug-likeness (QED) is 0.320. The number of H-pyrrole nitrogens is 1. The highest BCUT2D eigenvalue weighted by atomic mass is 31.2. The highest BCUT2D eigenvalue weighted by Gasteiger charge is 2.32. The van der Waals surface area contributed by atoms with Gasteiger partial charge in [-0.05, 0) is 50.2 Å². The van der Waals surface area contributed by atoms with Crippen LogP contribution in [0.3, 0.4) is 0 Å². The van der Waals surface area contributed by atoms with Crippen LogP contribution in [0.4, 0.5) is 28.8 Å². The summed E-state index contributed by atoms with van der Waals surface area (Å²) in [6.07, 6.45) is 1.84. The molecule has 1 atom stereocenters. The van der Waals surface area contributed by atoms with Crippen LogP contribution in [-0.4, -0.2) is 72.0 Å². The summed E-state index contributed by atoms with van der Waals surface area (Å²) in [5.74, 6) is 1.97. The molecule has 0 unspecified atom stereocenters. The largest absolute Gasteiger partial charge is 0.489 e. The Hall–Kier alpha value is -3.55. The minimum Gasteiger partial charge on any atom is -0.489 e. The van der Waals surface area contributed by atoms with Crippen molar-refractivity contribution in [1.29, 1.82) is 0 Å². The molecule has 192 valence electrons. The van der Waals surface area contributed by atoms with E-state index in [1.54, 1.807) is 13.3 Å². The van der Waals surface area contributed by atoms with Gasteiger partial charge in [-0.2, -0.15) is 9.97 Å². The molecular weight excluding hydrogens is 485 g/mol. The van der Waals surface area contributed by atoms with Gasteiger partial charge >= 0.3 is 0 Å². The highest BCUT2D eigenvalue weighted by Crippen LogP contribution is 2.40. The zero-order valence-corrected chi connectivity index (χ0v) is 22.3. The van der Waals surface area contributed by atoms with E-state index in [-0.39, 0.29) is 0 Å². The number of hydrogen-bond donors (Lipinski definition) is 3. The zero-order valence-electron chi connectivity index (χ0n) is 21.4. The second kappa shape index (κ2) is 9.39. The molecule has 0 bridgehead atoms. The molecule has 9 nitrogen and oxygen atoms in total. The second-order valence-electron chi connectivity index (χ2n) is 9.99. The van der Waals surface area contributed by atoms with Crippen LogP contribution in [-0.2, 0) is 4.57 Å². The molecule has 2 aromatic heterocycles. The summed E-state index contributed by atoms with van der Waals surface area (Å²) in [5, 5.41) is 8.40. The van der Waals surface area contributed by atoms with E-state index in [0.29, 0.717) is 30.1 Å². The van der Waals surface area contributed by atoms with Gasteiger partial charge in [-0.25, -0.2) is 0 Å². The van der Waals surface area contributed by atoms with E-state index in [2.05, 4.69) is 43.4 Å². The van der Waals surface area contributed by atoms with Crippen LogP contribution in [0.2, 0.25) is 0 Å². The molecule has 2 aliphatic rings. The maximum atomic E-state index is 12.9. The smallest absolute Gasteiger partial charge is 0.231 e. The average Bonchev–Trinajstić information content (AvgIpc) is 3.37. The number of benzene rings is 2. The van der Waals surface area contributed by atoms with Gasteiger partial charge < -0.3 is 29.8 Å². The lowest BCUT2D eigenvalue weighted by Crippen LogP contribution is -2.57. The molecule has 1 fully saturated rings. The molecule has 0 aliphatic carbocycles. The number of fused-ring (bicyclic) bond motifs is 4. The third kappa shape index (κ3) is 4.65. The number of anilines is 5. The number of nitrogens with one attached hydrogen (secondary N) is 3. The van der Waals surface area contributed by atoms with Crippen molar-refractivity contribution in [3.63, 3.8) is 0 Å². The lowest BCUT2D eigenvalue weighted by atomic mass is 10.1. The van der Waals surface area contributed by atoms with Gasteiger partial charge in [-0.1, -0.05) is 19.1 Å². The van der Waals surface area contributed by atoms with E-state index < -0.39 is 7.14 Å². The molecule has 4 heterocycles. The summed E-state index contributed by atoms with van der Waals surface area (Å²) in [4.78, 5) is 17.6. The highest BCUT2D eigenvalue weighted by molar-refractivity contribution is 7.70. The third-order valence-corrected chi connectivity index (χ3v) is 8.67. The maximum Gasteiger partial charge on any atom is 0.231 e. The Morgan fingerprint density at radius 3 is 2.81 bits per heavy atom. The summed E-state index contributed by atoms with van der Waals surface area (Å²) in [5.41, 5.74) is 3.48. The fourth-order valence-corrected chi connectivity index (χ4v) is 6.35. The van der Waals surface area contributed by atoms with Crippen molar-refractivity contribution < 1.29 is 9.30 Å². The van der Waals surface area contributed by atoms with Crippen molar-refractivity contribution in [2.75, 3.05) is 61.6 Å². The lowest BCUT2D eigenvalue weighted by molar-refractivity contribution is 0.172. The number of rotatable bonds is 6. The number of nitrogens with zero attached hydrogens (tertiary/aromatic N) is 4. The predicted octanol–water partition coefficient (Wildman–Crippen LogP) is 4.60. The van der Waals surface area contributed by atoms with E-state index in [1.807, 2.05) is 48.7 Å². The molecule has 4 aromatic rings. The van der Waals surface area contributed by atoms with Crippen molar-refractivity contribution in [1.82, 2.24) is 19.9 Å². The van der Waals surface area contributed by atoms with Crippen molar-refractivity contribution in [2.45, 2.75) is 13.0 Å². The molecule has 2 aromatic carbocycles. The van der Waals surface area contributed by atoms with Gasteiger partial charge in [0.1, 0.15) is 31.0 Å². The number of aromatic amines is 1. The number of piperazine rings is 1. The predicted molar refractivity (Wildman–Crippen MR) is 151 cm³/mol. The first-order valence-electron chi connectivity index (χ1n) is 12.7. The van der Waals surface area contributed by atoms with Crippen molar-refractivity contribution in [2.24, 2.45) is 0 Å². The number of ether oxygens (including phenoxy) is 1. The molecule has 0 radical (unpaired) electrons. The molecule has 10 heteroatoms. The average molecular weight is 518 g/mol. The second-order valence-corrected chi connectivity index (χ2v) is 13.2. The topological polar surface area (TPSA) is 98.4 Å². The Morgan fingerprint density at radius 1 is 1.11 bits per heavy atom. The molecule has 0 spiro atoms. The fraction of sp³-hybridized carbons (Fsp3) is 0.333. The Bertz CT molecular complexity index is 1500. The molecule has 0 saturated carbocycles. The van der Waals surface area contributed by atoms with Crippen LogP contribution in [0.1, 0.15) is 6.92 Å². The molecule has 1 saturated heterocycles. The van der Waals surface area contributed by atoms with E-state index in [0.717, 1.165) is 59.7 Å². The van der Waals surface area contributed by atoms with Gasteiger partial charge in [-0.15, -0.1) is 0 Å². The summed E-state index contributed by atoms with van der Waals surface area (Å²) < 4.78 is 19.1. The number of hydrogen-bond acceptors (Lipinski definition) is 8. The number of aromatic nitrogens is 3. The van der Waals surface area contributed by atoms with Crippen LogP contribution >= 0.6 is 7.14 Å². The van der Waals surface area contributed by atoms with Crippen molar-refractivity contribution in [3.05, 3.63) is 54.7 Å². The van der Waals surface area contributed by atoms with Gasteiger partial charge in [0, 0.05) is 42.9 Å². The van der Waals surface area contributed by atoms with E-state index in [4.69, 9.17) is 9.72 Å². The molecule has 3 N–H and O–H groups in total. The Balaban J connectivity index is 1.28. The van der Waals surface area contributed by atoms with E-state index in [1.165, 1.54) is 0 Å². The molecule has 37 heavy (non-hydrogen) atoms. The van der Waals surface area contributed by atoms with Crippen LogP contribution in [0.15, 0.2) is 54.7 Å². The summed E-state index contributed by atoms with van der Waals surface area (Å²) >= 11 is 0. The Kier molecular flexibility index (Phi) is 6.05. The molecule has 0 amide bonds. The number of para-hydroxylation sites is 1. The van der Waals surface area contributed by atoms with Gasteiger partial charge in [0.2, 0.25) is 5.95 Å². The van der Waals surface area contributed by atoms with E-state index in [9.17, 15) is 4.57 Å². The lowest BCUT2D eigenvalue weighted by Gasteiger charge is -2.45. The molecule has 6 rings (SSSR count). The van der Waals surface area contributed by atoms with Gasteiger partial charge in [-0.3, -0.25) is 4.90 Å². The minimum absolute atomic E-state index is 0.386. The van der Waals surface area contributed by atoms with Gasteiger partial charge in [0.05, 0.1) is 22.8 Å². The van der Waals surface area contributed by atoms with Crippen molar-refractivity contribution in [3.8, 4) is 5.75 Å². The molecular formula is C27H32N7O2P. The van der Waals surface area contributed by atoms with Crippen molar-refractivity contribution >= 4 is 52.3 Å². The van der Waals surface area contributed by atoms with Gasteiger partial charge in [0.25, 0.3) is 0 Å². The normalized spacial score (nSPS) is 17.7. The minimum atomic E-state index is -2.48. The van der Waals surface area contributed by atoms with Crippen LogP contribution < -0.4 is 25.6 Å². The maximum absolute atomic E-state index is 12.9. The van der Waals surface area contributed by atoms with Gasteiger partial charge in [0.15, 0.2) is 0 Å².